The van der Waals surface area contributed by atoms with Crippen LogP contribution in [0.5, 0.6) is 5.75 Å². The molecule has 84 valence electrons. The van der Waals surface area contributed by atoms with E-state index < -0.39 is 18.8 Å². The SMILES string of the molecule is COc1cc(N)ccc1C(O)C(O)CO. The maximum atomic E-state index is 9.66. The Morgan fingerprint density at radius 3 is 2.60 bits per heavy atom. The van der Waals surface area contributed by atoms with Crippen LogP contribution in [0.25, 0.3) is 0 Å². The normalized spacial score (nSPS) is 14.7. The highest BCUT2D eigenvalue weighted by atomic mass is 16.5. The van der Waals surface area contributed by atoms with Crippen molar-refractivity contribution in [3.05, 3.63) is 23.8 Å². The molecule has 0 bridgehead atoms. The zero-order valence-electron chi connectivity index (χ0n) is 8.42. The van der Waals surface area contributed by atoms with E-state index in [2.05, 4.69) is 0 Å². The smallest absolute Gasteiger partial charge is 0.126 e. The highest BCUT2D eigenvalue weighted by Gasteiger charge is 2.20. The Kier molecular flexibility index (Phi) is 3.90. The molecule has 15 heavy (non-hydrogen) atoms. The molecule has 0 saturated carbocycles. The fourth-order valence-electron chi connectivity index (χ4n) is 1.28. The van der Waals surface area contributed by atoms with Crippen molar-refractivity contribution in [3.63, 3.8) is 0 Å². The summed E-state index contributed by atoms with van der Waals surface area (Å²) in [6, 6.07) is 4.69. The predicted molar refractivity (Wildman–Crippen MR) is 55.5 cm³/mol. The van der Waals surface area contributed by atoms with Gasteiger partial charge in [0.25, 0.3) is 0 Å². The summed E-state index contributed by atoms with van der Waals surface area (Å²) in [6.07, 6.45) is -2.42. The molecule has 2 unspecified atom stereocenters. The van der Waals surface area contributed by atoms with E-state index >= 15 is 0 Å². The number of benzene rings is 1. The minimum Gasteiger partial charge on any atom is -0.496 e. The monoisotopic (exact) mass is 213 g/mol. The summed E-state index contributed by atoms with van der Waals surface area (Å²) in [5.41, 5.74) is 6.44. The maximum Gasteiger partial charge on any atom is 0.126 e. The van der Waals surface area contributed by atoms with Crippen molar-refractivity contribution in [2.24, 2.45) is 0 Å². The molecule has 5 nitrogen and oxygen atoms in total. The third kappa shape index (κ3) is 2.59. The zero-order valence-corrected chi connectivity index (χ0v) is 8.42. The van der Waals surface area contributed by atoms with Gasteiger partial charge in [0.15, 0.2) is 0 Å². The molecule has 0 aromatic heterocycles. The molecule has 5 heteroatoms. The van der Waals surface area contributed by atoms with Gasteiger partial charge in [0.05, 0.1) is 13.7 Å². The average Bonchev–Trinajstić information content (AvgIpc) is 2.26. The highest BCUT2D eigenvalue weighted by Crippen LogP contribution is 2.29. The Morgan fingerprint density at radius 2 is 2.07 bits per heavy atom. The molecule has 0 radical (unpaired) electrons. The Labute approximate surface area is 87.7 Å². The van der Waals surface area contributed by atoms with E-state index in [0.717, 1.165) is 0 Å². The number of nitrogen functional groups attached to an aromatic ring is 1. The maximum absolute atomic E-state index is 9.66. The third-order valence-electron chi connectivity index (χ3n) is 2.13. The Balaban J connectivity index is 3.02. The van der Waals surface area contributed by atoms with Gasteiger partial charge in [0, 0.05) is 17.3 Å². The molecular weight excluding hydrogens is 198 g/mol. The van der Waals surface area contributed by atoms with Crippen molar-refractivity contribution in [1.82, 2.24) is 0 Å². The summed E-state index contributed by atoms with van der Waals surface area (Å²) >= 11 is 0. The lowest BCUT2D eigenvalue weighted by Gasteiger charge is -2.18. The van der Waals surface area contributed by atoms with Gasteiger partial charge in [-0.3, -0.25) is 0 Å². The molecule has 0 aliphatic heterocycles. The number of aliphatic hydroxyl groups excluding tert-OH is 3. The van der Waals surface area contributed by atoms with Gasteiger partial charge in [0.2, 0.25) is 0 Å². The lowest BCUT2D eigenvalue weighted by Crippen LogP contribution is -2.22. The van der Waals surface area contributed by atoms with E-state index in [9.17, 15) is 10.2 Å². The number of ether oxygens (including phenoxy) is 1. The first-order valence-electron chi connectivity index (χ1n) is 4.50. The van der Waals surface area contributed by atoms with E-state index in [-0.39, 0.29) is 0 Å². The van der Waals surface area contributed by atoms with Crippen LogP contribution in [0, 0.1) is 0 Å². The van der Waals surface area contributed by atoms with Gasteiger partial charge in [0.1, 0.15) is 18.0 Å². The van der Waals surface area contributed by atoms with Gasteiger partial charge >= 0.3 is 0 Å². The fourth-order valence-corrected chi connectivity index (χ4v) is 1.28. The number of aliphatic hydroxyl groups is 3. The summed E-state index contributed by atoms with van der Waals surface area (Å²) in [4.78, 5) is 0. The molecule has 0 aliphatic rings. The summed E-state index contributed by atoms with van der Waals surface area (Å²) in [5.74, 6) is 0.384. The summed E-state index contributed by atoms with van der Waals surface area (Å²) in [7, 11) is 1.44. The number of nitrogens with two attached hydrogens (primary N) is 1. The molecule has 0 saturated heterocycles. The van der Waals surface area contributed by atoms with Crippen molar-refractivity contribution in [2.45, 2.75) is 12.2 Å². The number of methoxy groups -OCH3 is 1. The minimum atomic E-state index is -1.23. The van der Waals surface area contributed by atoms with Gasteiger partial charge < -0.3 is 25.8 Å². The van der Waals surface area contributed by atoms with E-state index in [0.29, 0.717) is 17.0 Å². The summed E-state index contributed by atoms with van der Waals surface area (Å²) in [5, 5.41) is 27.7. The second-order valence-corrected chi connectivity index (χ2v) is 3.20. The summed E-state index contributed by atoms with van der Waals surface area (Å²) < 4.78 is 5.01. The van der Waals surface area contributed by atoms with Crippen molar-refractivity contribution in [2.75, 3.05) is 19.5 Å². The number of rotatable bonds is 4. The van der Waals surface area contributed by atoms with Crippen molar-refractivity contribution < 1.29 is 20.1 Å². The highest BCUT2D eigenvalue weighted by molar-refractivity contribution is 5.49. The molecule has 2 atom stereocenters. The Bertz CT molecular complexity index is 329. The largest absolute Gasteiger partial charge is 0.496 e. The van der Waals surface area contributed by atoms with Gasteiger partial charge in [-0.2, -0.15) is 0 Å². The van der Waals surface area contributed by atoms with Gasteiger partial charge in [-0.05, 0) is 6.07 Å². The first-order valence-corrected chi connectivity index (χ1v) is 4.50. The molecule has 1 aromatic carbocycles. The molecule has 1 rings (SSSR count). The lowest BCUT2D eigenvalue weighted by molar-refractivity contribution is -0.0162. The van der Waals surface area contributed by atoms with Crippen LogP contribution in [-0.2, 0) is 0 Å². The van der Waals surface area contributed by atoms with E-state index in [1.807, 2.05) is 0 Å². The van der Waals surface area contributed by atoms with Gasteiger partial charge in [-0.15, -0.1) is 0 Å². The quantitative estimate of drug-likeness (QED) is 0.513. The second kappa shape index (κ2) is 4.97. The van der Waals surface area contributed by atoms with Crippen molar-refractivity contribution >= 4 is 5.69 Å². The molecule has 0 spiro atoms. The molecule has 0 heterocycles. The molecule has 1 aromatic rings. The predicted octanol–water partition coefficient (Wildman–Crippen LogP) is -0.336. The molecule has 0 fully saturated rings. The minimum absolute atomic E-state index is 0.384. The van der Waals surface area contributed by atoms with Gasteiger partial charge in [-0.25, -0.2) is 0 Å². The first kappa shape index (κ1) is 11.8. The Morgan fingerprint density at radius 1 is 1.40 bits per heavy atom. The van der Waals surface area contributed by atoms with Crippen LogP contribution in [0.1, 0.15) is 11.7 Å². The van der Waals surface area contributed by atoms with E-state index in [4.69, 9.17) is 15.6 Å². The van der Waals surface area contributed by atoms with Crippen LogP contribution in [-0.4, -0.2) is 35.1 Å². The number of anilines is 1. The second-order valence-electron chi connectivity index (χ2n) is 3.20. The van der Waals surface area contributed by atoms with Gasteiger partial charge in [-0.1, -0.05) is 6.07 Å². The van der Waals surface area contributed by atoms with Crippen LogP contribution in [0.4, 0.5) is 5.69 Å². The Hall–Kier alpha value is -1.30. The zero-order chi connectivity index (χ0) is 11.4. The standard InChI is InChI=1S/C10H15NO4/c1-15-9-4-6(11)2-3-7(9)10(14)8(13)5-12/h2-4,8,10,12-14H,5,11H2,1H3. The van der Waals surface area contributed by atoms with Crippen LogP contribution in [0.3, 0.4) is 0 Å². The molecule has 0 amide bonds. The van der Waals surface area contributed by atoms with Crippen LogP contribution >= 0.6 is 0 Å². The number of hydrogen-bond donors (Lipinski definition) is 4. The third-order valence-corrected chi connectivity index (χ3v) is 2.13. The molecular formula is C10H15NO4. The van der Waals surface area contributed by atoms with E-state index in [1.54, 1.807) is 18.2 Å². The fraction of sp³-hybridized carbons (Fsp3) is 0.400. The lowest BCUT2D eigenvalue weighted by atomic mass is 10.0. The average molecular weight is 213 g/mol. The van der Waals surface area contributed by atoms with Crippen LogP contribution in [0.2, 0.25) is 0 Å². The van der Waals surface area contributed by atoms with Crippen molar-refractivity contribution in [3.8, 4) is 5.75 Å². The number of hydrogen-bond acceptors (Lipinski definition) is 5. The van der Waals surface area contributed by atoms with Crippen LogP contribution < -0.4 is 10.5 Å². The van der Waals surface area contributed by atoms with E-state index in [1.165, 1.54) is 7.11 Å². The van der Waals surface area contributed by atoms with Crippen molar-refractivity contribution in [1.29, 1.82) is 0 Å². The van der Waals surface area contributed by atoms with Crippen LogP contribution in [0.15, 0.2) is 18.2 Å². The molecule has 0 aliphatic carbocycles. The first-order chi connectivity index (χ1) is 7.10. The molecule has 5 N–H and O–H groups in total. The summed E-state index contributed by atoms with van der Waals surface area (Å²) in [6.45, 7) is -0.519. The topological polar surface area (TPSA) is 95.9 Å².